The van der Waals surface area contributed by atoms with Gasteiger partial charge in [-0.2, -0.15) is 0 Å². The van der Waals surface area contributed by atoms with Crippen LogP contribution in [0.25, 0.3) is 0 Å². The maximum Gasteiger partial charge on any atom is 0.307 e. The van der Waals surface area contributed by atoms with E-state index >= 15 is 0 Å². The van der Waals surface area contributed by atoms with Crippen LogP contribution >= 0.6 is 11.3 Å². The monoisotopic (exact) mass is 255 g/mol. The normalized spacial score (nSPS) is 16.5. The minimum atomic E-state index is -0.746. The van der Waals surface area contributed by atoms with Gasteiger partial charge in [-0.05, 0) is 39.3 Å². The Hall–Kier alpha value is -0.870. The van der Waals surface area contributed by atoms with Crippen molar-refractivity contribution in [2.24, 2.45) is 5.92 Å². The first-order chi connectivity index (χ1) is 7.90. The highest BCUT2D eigenvalue weighted by Gasteiger charge is 2.20. The standard InChI is InChI=1S/C13H21NO2S/c1-8(7-12-6-5-9(2)17-12)14-11(4)10(3)13(15)16/h5-6,8,10-11,14H,7H2,1-4H3,(H,15,16). The van der Waals surface area contributed by atoms with Gasteiger partial charge in [-0.1, -0.05) is 6.92 Å². The second kappa shape index (κ2) is 6.17. The molecule has 0 saturated heterocycles. The van der Waals surface area contributed by atoms with Crippen LogP contribution in [0.3, 0.4) is 0 Å². The summed E-state index contributed by atoms with van der Waals surface area (Å²) in [6.07, 6.45) is 0.954. The Morgan fingerprint density at radius 2 is 2.06 bits per heavy atom. The highest BCUT2D eigenvalue weighted by molar-refractivity contribution is 7.11. The molecule has 0 saturated carbocycles. The number of carboxylic acid groups (broad SMARTS) is 1. The number of aryl methyl sites for hydroxylation is 1. The lowest BCUT2D eigenvalue weighted by molar-refractivity contribution is -0.142. The van der Waals surface area contributed by atoms with Gasteiger partial charge >= 0.3 is 5.97 Å². The van der Waals surface area contributed by atoms with Crippen molar-refractivity contribution in [2.45, 2.75) is 46.2 Å². The quantitative estimate of drug-likeness (QED) is 0.821. The van der Waals surface area contributed by atoms with E-state index in [4.69, 9.17) is 5.11 Å². The van der Waals surface area contributed by atoms with Gasteiger partial charge in [0.1, 0.15) is 0 Å². The fourth-order valence-electron chi connectivity index (χ4n) is 1.76. The Morgan fingerprint density at radius 3 is 2.53 bits per heavy atom. The van der Waals surface area contributed by atoms with E-state index in [-0.39, 0.29) is 12.0 Å². The van der Waals surface area contributed by atoms with Gasteiger partial charge in [0.25, 0.3) is 0 Å². The lowest BCUT2D eigenvalue weighted by Crippen LogP contribution is -2.42. The number of thiophene rings is 1. The van der Waals surface area contributed by atoms with Gasteiger partial charge in [0.2, 0.25) is 0 Å². The molecule has 3 unspecified atom stereocenters. The molecule has 3 atom stereocenters. The van der Waals surface area contributed by atoms with Crippen LogP contribution in [0.2, 0.25) is 0 Å². The van der Waals surface area contributed by atoms with Crippen LogP contribution in [-0.2, 0) is 11.2 Å². The van der Waals surface area contributed by atoms with Gasteiger partial charge in [-0.3, -0.25) is 4.79 Å². The van der Waals surface area contributed by atoms with Crippen molar-refractivity contribution in [3.05, 3.63) is 21.9 Å². The topological polar surface area (TPSA) is 49.3 Å². The first-order valence-corrected chi connectivity index (χ1v) is 6.76. The molecule has 2 N–H and O–H groups in total. The van der Waals surface area contributed by atoms with Crippen LogP contribution in [0.4, 0.5) is 0 Å². The summed E-state index contributed by atoms with van der Waals surface area (Å²) in [4.78, 5) is 13.5. The minimum absolute atomic E-state index is 0.0106. The van der Waals surface area contributed by atoms with E-state index in [0.29, 0.717) is 6.04 Å². The average Bonchev–Trinajstić information content (AvgIpc) is 2.62. The fraction of sp³-hybridized carbons (Fsp3) is 0.615. The van der Waals surface area contributed by atoms with Crippen molar-refractivity contribution in [1.29, 1.82) is 0 Å². The zero-order valence-electron chi connectivity index (χ0n) is 10.9. The lowest BCUT2D eigenvalue weighted by atomic mass is 10.0. The molecule has 1 heterocycles. The number of hydrogen-bond acceptors (Lipinski definition) is 3. The molecule has 0 aliphatic heterocycles. The zero-order chi connectivity index (χ0) is 13.0. The third-order valence-corrected chi connectivity index (χ3v) is 4.01. The molecule has 0 radical (unpaired) electrons. The molecule has 0 aliphatic rings. The van der Waals surface area contributed by atoms with Crippen molar-refractivity contribution in [3.8, 4) is 0 Å². The van der Waals surface area contributed by atoms with E-state index < -0.39 is 5.97 Å². The Kier molecular flexibility index (Phi) is 5.15. The van der Waals surface area contributed by atoms with E-state index in [1.165, 1.54) is 9.75 Å². The van der Waals surface area contributed by atoms with E-state index in [0.717, 1.165) is 6.42 Å². The van der Waals surface area contributed by atoms with Crippen molar-refractivity contribution in [1.82, 2.24) is 5.32 Å². The van der Waals surface area contributed by atoms with Crippen LogP contribution in [0.5, 0.6) is 0 Å². The van der Waals surface area contributed by atoms with Crippen LogP contribution in [-0.4, -0.2) is 23.2 Å². The Bertz CT molecular complexity index is 375. The molecule has 4 heteroatoms. The largest absolute Gasteiger partial charge is 0.481 e. The number of carboxylic acids is 1. The first-order valence-electron chi connectivity index (χ1n) is 5.94. The minimum Gasteiger partial charge on any atom is -0.481 e. The summed E-state index contributed by atoms with van der Waals surface area (Å²) >= 11 is 1.80. The molecule has 0 amide bonds. The molecule has 0 fully saturated rings. The summed E-state index contributed by atoms with van der Waals surface area (Å²) in [7, 11) is 0. The average molecular weight is 255 g/mol. The SMILES string of the molecule is Cc1ccc(CC(C)NC(C)C(C)C(=O)O)s1. The summed E-state index contributed by atoms with van der Waals surface area (Å²) < 4.78 is 0. The summed E-state index contributed by atoms with van der Waals surface area (Å²) in [6, 6.07) is 4.55. The summed E-state index contributed by atoms with van der Waals surface area (Å²) in [5.41, 5.74) is 0. The lowest BCUT2D eigenvalue weighted by Gasteiger charge is -2.22. The molecule has 1 aromatic rings. The molecule has 0 spiro atoms. The maximum absolute atomic E-state index is 10.8. The first kappa shape index (κ1) is 14.2. The van der Waals surface area contributed by atoms with Crippen molar-refractivity contribution in [2.75, 3.05) is 0 Å². The van der Waals surface area contributed by atoms with Gasteiger partial charge in [0.05, 0.1) is 5.92 Å². The zero-order valence-corrected chi connectivity index (χ0v) is 11.7. The fourth-order valence-corrected chi connectivity index (χ4v) is 2.78. The maximum atomic E-state index is 10.8. The van der Waals surface area contributed by atoms with Gasteiger partial charge in [-0.25, -0.2) is 0 Å². The van der Waals surface area contributed by atoms with Crippen LogP contribution in [0.1, 0.15) is 30.5 Å². The summed E-state index contributed by atoms with van der Waals surface area (Å²) in [5, 5.41) is 12.3. The predicted molar refractivity (Wildman–Crippen MR) is 71.6 cm³/mol. The molecule has 0 aromatic carbocycles. The van der Waals surface area contributed by atoms with Crippen LogP contribution in [0.15, 0.2) is 12.1 Å². The molecule has 0 bridgehead atoms. The molecule has 17 heavy (non-hydrogen) atoms. The highest BCUT2D eigenvalue weighted by Crippen LogP contribution is 2.17. The number of nitrogens with one attached hydrogen (secondary N) is 1. The number of hydrogen-bond donors (Lipinski definition) is 2. The van der Waals surface area contributed by atoms with Gasteiger partial charge < -0.3 is 10.4 Å². The Labute approximate surface area is 107 Å². The van der Waals surface area contributed by atoms with Crippen molar-refractivity contribution >= 4 is 17.3 Å². The van der Waals surface area contributed by atoms with E-state index in [1.54, 1.807) is 18.3 Å². The van der Waals surface area contributed by atoms with Gasteiger partial charge in [-0.15, -0.1) is 11.3 Å². The number of carbonyl (C=O) groups is 1. The molecule has 96 valence electrons. The summed E-state index contributed by atoms with van der Waals surface area (Å²) in [6.45, 7) is 7.86. The van der Waals surface area contributed by atoms with Crippen molar-refractivity contribution in [3.63, 3.8) is 0 Å². The van der Waals surface area contributed by atoms with Gasteiger partial charge in [0, 0.05) is 21.8 Å². The third-order valence-electron chi connectivity index (χ3n) is 2.99. The van der Waals surface area contributed by atoms with E-state index in [9.17, 15) is 4.79 Å². The summed E-state index contributed by atoms with van der Waals surface area (Å²) in [5.74, 6) is -1.10. The number of aliphatic carboxylic acids is 1. The smallest absolute Gasteiger partial charge is 0.307 e. The second-order valence-corrected chi connectivity index (χ2v) is 6.07. The highest BCUT2D eigenvalue weighted by atomic mass is 32.1. The Morgan fingerprint density at radius 1 is 1.41 bits per heavy atom. The number of rotatable bonds is 6. The second-order valence-electron chi connectivity index (χ2n) is 4.70. The molecule has 1 aromatic heterocycles. The third kappa shape index (κ3) is 4.48. The molecule has 0 aliphatic carbocycles. The molecular formula is C13H21NO2S. The van der Waals surface area contributed by atoms with E-state index in [2.05, 4.69) is 31.3 Å². The van der Waals surface area contributed by atoms with Gasteiger partial charge in [0.15, 0.2) is 0 Å². The van der Waals surface area contributed by atoms with Crippen molar-refractivity contribution < 1.29 is 9.90 Å². The predicted octanol–water partition coefficient (Wildman–Crippen LogP) is 2.69. The van der Waals surface area contributed by atoms with Crippen LogP contribution in [0, 0.1) is 12.8 Å². The Balaban J connectivity index is 2.44. The van der Waals surface area contributed by atoms with E-state index in [1.807, 2.05) is 6.92 Å². The molecular weight excluding hydrogens is 234 g/mol. The molecule has 1 rings (SSSR count). The molecule has 3 nitrogen and oxygen atoms in total. The van der Waals surface area contributed by atoms with Crippen LogP contribution < -0.4 is 5.32 Å².